The Morgan fingerprint density at radius 2 is 2.05 bits per heavy atom. The number of aliphatic hydroxyl groups is 2. The second-order valence-electron chi connectivity index (χ2n) is 4.89. The van der Waals surface area contributed by atoms with Gasteiger partial charge in [0.25, 0.3) is 0 Å². The predicted molar refractivity (Wildman–Crippen MR) is 76.3 cm³/mol. The smallest absolute Gasteiger partial charge is 0.186 e. The van der Waals surface area contributed by atoms with Gasteiger partial charge in [-0.15, -0.1) is 0 Å². The van der Waals surface area contributed by atoms with Crippen LogP contribution in [0.1, 0.15) is 6.23 Å². The first-order chi connectivity index (χ1) is 10.5. The van der Waals surface area contributed by atoms with Crippen molar-refractivity contribution in [2.24, 2.45) is 16.5 Å². The topological polar surface area (TPSA) is 184 Å². The van der Waals surface area contributed by atoms with Crippen LogP contribution in [0.25, 0.3) is 11.2 Å². The number of aliphatic imine (C=N–C) groups is 1. The fraction of sp³-hybridized carbons (Fsp3) is 0.455. The number of guanidine groups is 1. The van der Waals surface area contributed by atoms with Crippen LogP contribution in [0.3, 0.4) is 0 Å². The number of anilines is 1. The van der Waals surface area contributed by atoms with Crippen LogP contribution in [0, 0.1) is 0 Å². The summed E-state index contributed by atoms with van der Waals surface area (Å²) in [5, 5.41) is 20.2. The Bertz CT molecular complexity index is 712. The molecule has 0 radical (unpaired) electrons. The summed E-state index contributed by atoms with van der Waals surface area (Å²) in [5.74, 6) is 0.0937. The van der Waals surface area contributed by atoms with Gasteiger partial charge < -0.3 is 32.2 Å². The molecule has 1 fully saturated rings. The monoisotopic (exact) mass is 308 g/mol. The van der Waals surface area contributed by atoms with Crippen molar-refractivity contribution in [1.82, 2.24) is 19.5 Å². The molecule has 0 amide bonds. The molecule has 1 aliphatic rings. The lowest BCUT2D eigenvalue weighted by molar-refractivity contribution is -0.0320. The van der Waals surface area contributed by atoms with Gasteiger partial charge in [-0.25, -0.2) is 15.0 Å². The Hall–Kier alpha value is -2.50. The molecular formula is C11H16N8O3. The summed E-state index contributed by atoms with van der Waals surface area (Å²) in [5.41, 5.74) is 17.0. The molecule has 11 heteroatoms. The van der Waals surface area contributed by atoms with Crippen LogP contribution in [0.5, 0.6) is 0 Å². The highest BCUT2D eigenvalue weighted by atomic mass is 16.6. The number of nitrogens with two attached hydrogens (primary N) is 3. The Balaban J connectivity index is 1.91. The fourth-order valence-electron chi connectivity index (χ4n) is 2.36. The van der Waals surface area contributed by atoms with Gasteiger partial charge in [-0.3, -0.25) is 9.56 Å². The molecule has 8 N–H and O–H groups in total. The molecule has 0 aromatic carbocycles. The minimum Gasteiger partial charge on any atom is -0.387 e. The van der Waals surface area contributed by atoms with Crippen molar-refractivity contribution in [2.75, 3.05) is 12.3 Å². The zero-order valence-electron chi connectivity index (χ0n) is 11.4. The van der Waals surface area contributed by atoms with Gasteiger partial charge >= 0.3 is 0 Å². The van der Waals surface area contributed by atoms with Gasteiger partial charge in [0.1, 0.15) is 30.2 Å². The van der Waals surface area contributed by atoms with Gasteiger partial charge in [0.05, 0.1) is 12.9 Å². The molecule has 118 valence electrons. The summed E-state index contributed by atoms with van der Waals surface area (Å²) >= 11 is 0. The predicted octanol–water partition coefficient (Wildman–Crippen LogP) is -2.70. The molecule has 4 atom stereocenters. The van der Waals surface area contributed by atoms with Crippen molar-refractivity contribution in [1.29, 1.82) is 0 Å². The largest absolute Gasteiger partial charge is 0.387 e. The van der Waals surface area contributed by atoms with E-state index in [4.69, 9.17) is 21.9 Å². The maximum atomic E-state index is 10.2. The third-order valence-corrected chi connectivity index (χ3v) is 3.45. The molecule has 0 spiro atoms. The van der Waals surface area contributed by atoms with Crippen molar-refractivity contribution in [3.8, 4) is 0 Å². The van der Waals surface area contributed by atoms with Gasteiger partial charge in [-0.2, -0.15) is 0 Å². The number of nitrogens with zero attached hydrogens (tertiary/aromatic N) is 5. The molecule has 0 bridgehead atoms. The normalized spacial score (nSPS) is 28.1. The van der Waals surface area contributed by atoms with Crippen LogP contribution in [0.2, 0.25) is 0 Å². The second-order valence-corrected chi connectivity index (χ2v) is 4.89. The number of ether oxygens (including phenoxy) is 1. The summed E-state index contributed by atoms with van der Waals surface area (Å²) in [4.78, 5) is 15.8. The molecule has 1 aliphatic heterocycles. The van der Waals surface area contributed by atoms with Crippen LogP contribution in [0.15, 0.2) is 17.6 Å². The van der Waals surface area contributed by atoms with Crippen molar-refractivity contribution in [3.63, 3.8) is 0 Å². The maximum Gasteiger partial charge on any atom is 0.186 e. The first kappa shape index (κ1) is 14.4. The molecule has 0 saturated carbocycles. The highest BCUT2D eigenvalue weighted by Gasteiger charge is 2.44. The molecule has 3 heterocycles. The summed E-state index contributed by atoms with van der Waals surface area (Å²) in [6.45, 7) is 0.0286. The Morgan fingerprint density at radius 3 is 2.77 bits per heavy atom. The van der Waals surface area contributed by atoms with Gasteiger partial charge in [-0.1, -0.05) is 0 Å². The number of rotatable bonds is 3. The van der Waals surface area contributed by atoms with Gasteiger partial charge in [-0.05, 0) is 0 Å². The molecule has 2 aromatic rings. The van der Waals surface area contributed by atoms with Crippen molar-refractivity contribution in [2.45, 2.75) is 24.5 Å². The second kappa shape index (κ2) is 5.36. The summed E-state index contributed by atoms with van der Waals surface area (Å²) in [6.07, 6.45) is -1.27. The minimum atomic E-state index is -1.19. The van der Waals surface area contributed by atoms with E-state index in [0.717, 1.165) is 0 Å². The molecule has 11 nitrogen and oxygen atoms in total. The Morgan fingerprint density at radius 1 is 1.27 bits per heavy atom. The van der Waals surface area contributed by atoms with E-state index in [1.54, 1.807) is 0 Å². The first-order valence-corrected chi connectivity index (χ1v) is 6.49. The van der Waals surface area contributed by atoms with E-state index >= 15 is 0 Å². The van der Waals surface area contributed by atoms with Crippen LogP contribution in [0.4, 0.5) is 5.82 Å². The lowest BCUT2D eigenvalue weighted by Crippen LogP contribution is -2.34. The third-order valence-electron chi connectivity index (χ3n) is 3.45. The Kier molecular flexibility index (Phi) is 3.52. The van der Waals surface area contributed by atoms with Crippen molar-refractivity contribution in [3.05, 3.63) is 12.7 Å². The Labute approximate surface area is 124 Å². The number of hydrogen-bond donors (Lipinski definition) is 5. The molecule has 2 unspecified atom stereocenters. The maximum absolute atomic E-state index is 10.2. The van der Waals surface area contributed by atoms with E-state index in [2.05, 4.69) is 19.9 Å². The zero-order chi connectivity index (χ0) is 15.9. The summed E-state index contributed by atoms with van der Waals surface area (Å²) < 4.78 is 7.12. The first-order valence-electron chi connectivity index (χ1n) is 6.49. The van der Waals surface area contributed by atoms with E-state index in [-0.39, 0.29) is 18.3 Å². The molecular weight excluding hydrogens is 292 g/mol. The molecule has 3 rings (SSSR count). The summed E-state index contributed by atoms with van der Waals surface area (Å²) in [6, 6.07) is 0. The van der Waals surface area contributed by atoms with Crippen LogP contribution in [-0.4, -0.2) is 60.5 Å². The van der Waals surface area contributed by atoms with E-state index in [0.29, 0.717) is 11.2 Å². The van der Waals surface area contributed by atoms with Gasteiger partial charge in [0, 0.05) is 0 Å². The van der Waals surface area contributed by atoms with Crippen LogP contribution in [-0.2, 0) is 4.74 Å². The molecule has 22 heavy (non-hydrogen) atoms. The van der Waals surface area contributed by atoms with Gasteiger partial charge in [0.2, 0.25) is 0 Å². The molecule has 0 aliphatic carbocycles. The van der Waals surface area contributed by atoms with Crippen molar-refractivity contribution < 1.29 is 14.9 Å². The standard InChI is InChI=1S/C11H16N8O3/c12-8-5-9(17-2-16-8)19(3-18-5)10-7(21)6(20)4(22-10)1-15-11(13)14/h2-4,6-7,10,20-21H,1H2,(H2,12,16,17)(H4,13,14,15)/t4-,6?,7?,10-/m1/s1. The van der Waals surface area contributed by atoms with E-state index < -0.39 is 24.5 Å². The van der Waals surface area contributed by atoms with E-state index in [1.807, 2.05) is 0 Å². The number of aromatic nitrogens is 4. The number of imidazole rings is 1. The van der Waals surface area contributed by atoms with Crippen LogP contribution < -0.4 is 17.2 Å². The average Bonchev–Trinajstić information content (AvgIpc) is 3.01. The summed E-state index contributed by atoms with van der Waals surface area (Å²) in [7, 11) is 0. The quantitative estimate of drug-likeness (QED) is 0.297. The number of aliphatic hydroxyl groups excluding tert-OH is 2. The fourth-order valence-corrected chi connectivity index (χ4v) is 2.36. The lowest BCUT2D eigenvalue weighted by atomic mass is 10.1. The zero-order valence-corrected chi connectivity index (χ0v) is 11.4. The highest BCUT2D eigenvalue weighted by molar-refractivity contribution is 5.81. The van der Waals surface area contributed by atoms with Crippen molar-refractivity contribution >= 4 is 22.9 Å². The number of nitrogen functional groups attached to an aromatic ring is 1. The van der Waals surface area contributed by atoms with E-state index in [1.165, 1.54) is 17.2 Å². The lowest BCUT2D eigenvalue weighted by Gasteiger charge is -2.16. The van der Waals surface area contributed by atoms with Gasteiger partial charge in [0.15, 0.2) is 23.7 Å². The molecule has 1 saturated heterocycles. The average molecular weight is 308 g/mol. The number of hydrogen-bond acceptors (Lipinski definition) is 8. The molecule has 2 aromatic heterocycles. The number of fused-ring (bicyclic) bond motifs is 1. The van der Waals surface area contributed by atoms with E-state index in [9.17, 15) is 10.2 Å². The highest BCUT2D eigenvalue weighted by Crippen LogP contribution is 2.31. The minimum absolute atomic E-state index is 0.0286. The third kappa shape index (κ3) is 2.30. The SMILES string of the molecule is NC(N)=NC[C@H]1O[C@@H](n2cnc3c(N)ncnc32)C(O)C1O. The van der Waals surface area contributed by atoms with Crippen LogP contribution >= 0.6 is 0 Å².